The SMILES string of the molecule is COc1ccc2cc(OCC(=O)O)[nH]c2c1. The van der Waals surface area contributed by atoms with Crippen molar-refractivity contribution in [2.24, 2.45) is 0 Å². The van der Waals surface area contributed by atoms with Crippen molar-refractivity contribution in [3.8, 4) is 11.6 Å². The Kier molecular flexibility index (Phi) is 2.68. The molecule has 2 N–H and O–H groups in total. The van der Waals surface area contributed by atoms with Crippen LogP contribution in [0.5, 0.6) is 11.6 Å². The number of aromatic amines is 1. The first-order chi connectivity index (χ1) is 7.69. The van der Waals surface area contributed by atoms with Crippen molar-refractivity contribution < 1.29 is 19.4 Å². The molecule has 0 aliphatic carbocycles. The van der Waals surface area contributed by atoms with Gasteiger partial charge in [0.15, 0.2) is 12.5 Å². The van der Waals surface area contributed by atoms with E-state index in [1.54, 1.807) is 13.2 Å². The minimum atomic E-state index is -1.00. The highest BCUT2D eigenvalue weighted by Crippen LogP contribution is 2.24. The molecule has 5 nitrogen and oxygen atoms in total. The van der Waals surface area contributed by atoms with Gasteiger partial charge in [-0.1, -0.05) is 0 Å². The van der Waals surface area contributed by atoms with Crippen molar-refractivity contribution in [1.29, 1.82) is 0 Å². The molecule has 0 aliphatic heterocycles. The number of aliphatic carboxylic acids is 1. The number of fused-ring (bicyclic) bond motifs is 1. The maximum absolute atomic E-state index is 10.3. The van der Waals surface area contributed by atoms with E-state index in [1.165, 1.54) is 0 Å². The van der Waals surface area contributed by atoms with Crippen LogP contribution < -0.4 is 9.47 Å². The van der Waals surface area contributed by atoms with Gasteiger partial charge >= 0.3 is 5.97 Å². The van der Waals surface area contributed by atoms with Gasteiger partial charge in [-0.15, -0.1) is 0 Å². The average Bonchev–Trinajstić information content (AvgIpc) is 2.67. The van der Waals surface area contributed by atoms with E-state index in [2.05, 4.69) is 4.98 Å². The third-order valence-corrected chi connectivity index (χ3v) is 2.16. The summed E-state index contributed by atoms with van der Waals surface area (Å²) in [6.07, 6.45) is 0. The monoisotopic (exact) mass is 221 g/mol. The summed E-state index contributed by atoms with van der Waals surface area (Å²) in [7, 11) is 1.59. The Balaban J connectivity index is 2.25. The molecule has 16 heavy (non-hydrogen) atoms. The van der Waals surface area contributed by atoms with Crippen LogP contribution in [-0.4, -0.2) is 29.8 Å². The molecule has 2 rings (SSSR count). The van der Waals surface area contributed by atoms with Crippen molar-refractivity contribution in [2.45, 2.75) is 0 Å². The Bertz CT molecular complexity index is 518. The van der Waals surface area contributed by atoms with Crippen molar-refractivity contribution >= 4 is 16.9 Å². The van der Waals surface area contributed by atoms with Gasteiger partial charge in [-0.3, -0.25) is 0 Å². The van der Waals surface area contributed by atoms with Crippen LogP contribution in [0.25, 0.3) is 10.9 Å². The number of hydrogen-bond acceptors (Lipinski definition) is 3. The number of rotatable bonds is 4. The lowest BCUT2D eigenvalue weighted by Crippen LogP contribution is -2.09. The number of carbonyl (C=O) groups is 1. The highest BCUT2D eigenvalue weighted by Gasteiger charge is 2.04. The minimum absolute atomic E-state index is 0.357. The molecule has 5 heteroatoms. The summed E-state index contributed by atoms with van der Waals surface area (Å²) >= 11 is 0. The third kappa shape index (κ3) is 2.08. The number of aromatic nitrogens is 1. The van der Waals surface area contributed by atoms with Crippen molar-refractivity contribution in [3.63, 3.8) is 0 Å². The quantitative estimate of drug-likeness (QED) is 0.823. The maximum Gasteiger partial charge on any atom is 0.341 e. The number of benzene rings is 1. The number of methoxy groups -OCH3 is 1. The summed E-state index contributed by atoms with van der Waals surface area (Å²) in [5, 5.41) is 9.42. The number of carboxylic acids is 1. The second kappa shape index (κ2) is 4.14. The zero-order chi connectivity index (χ0) is 11.5. The normalized spacial score (nSPS) is 10.3. The Morgan fingerprint density at radius 1 is 1.44 bits per heavy atom. The van der Waals surface area contributed by atoms with Gasteiger partial charge in [-0.2, -0.15) is 0 Å². The van der Waals surface area contributed by atoms with Crippen molar-refractivity contribution in [2.75, 3.05) is 13.7 Å². The molecule has 1 aromatic carbocycles. The van der Waals surface area contributed by atoms with Crippen LogP contribution in [-0.2, 0) is 4.79 Å². The van der Waals surface area contributed by atoms with E-state index in [-0.39, 0.29) is 6.61 Å². The van der Waals surface area contributed by atoms with E-state index in [0.717, 1.165) is 16.7 Å². The summed E-state index contributed by atoms with van der Waals surface area (Å²) in [6.45, 7) is -0.357. The Labute approximate surface area is 91.6 Å². The topological polar surface area (TPSA) is 71.6 Å². The first-order valence-corrected chi connectivity index (χ1v) is 4.70. The van der Waals surface area contributed by atoms with Gasteiger partial charge in [0.2, 0.25) is 0 Å². The predicted molar refractivity (Wildman–Crippen MR) is 58.0 cm³/mol. The lowest BCUT2D eigenvalue weighted by molar-refractivity contribution is -0.139. The molecule has 2 aromatic rings. The molecule has 1 heterocycles. The van der Waals surface area contributed by atoms with Gasteiger partial charge in [0, 0.05) is 17.5 Å². The fourth-order valence-electron chi connectivity index (χ4n) is 1.42. The molecule has 0 aliphatic rings. The number of ether oxygens (including phenoxy) is 2. The summed E-state index contributed by atoms with van der Waals surface area (Å²) in [6, 6.07) is 7.27. The summed E-state index contributed by atoms with van der Waals surface area (Å²) in [5.74, 6) is 0.168. The minimum Gasteiger partial charge on any atom is -0.497 e. The molecular weight excluding hydrogens is 210 g/mol. The van der Waals surface area contributed by atoms with E-state index >= 15 is 0 Å². The van der Waals surface area contributed by atoms with Gasteiger partial charge in [-0.05, 0) is 12.1 Å². The van der Waals surface area contributed by atoms with Crippen LogP contribution in [0, 0.1) is 0 Å². The second-order valence-electron chi connectivity index (χ2n) is 3.27. The molecular formula is C11H11NO4. The van der Waals surface area contributed by atoms with Gasteiger partial charge in [0.25, 0.3) is 0 Å². The molecule has 0 atom stereocenters. The molecule has 0 unspecified atom stereocenters. The highest BCUT2D eigenvalue weighted by atomic mass is 16.5. The van der Waals surface area contributed by atoms with Gasteiger partial charge < -0.3 is 19.6 Å². The largest absolute Gasteiger partial charge is 0.497 e. The highest BCUT2D eigenvalue weighted by molar-refractivity contribution is 5.82. The standard InChI is InChI=1S/C11H11NO4/c1-15-8-3-2-7-4-10(12-9(7)5-8)16-6-11(13)14/h2-5,12H,6H2,1H3,(H,13,14). The van der Waals surface area contributed by atoms with E-state index in [4.69, 9.17) is 14.6 Å². The molecule has 0 amide bonds. The fourth-order valence-corrected chi connectivity index (χ4v) is 1.42. The molecule has 0 saturated carbocycles. The first-order valence-electron chi connectivity index (χ1n) is 4.70. The smallest absolute Gasteiger partial charge is 0.341 e. The summed E-state index contributed by atoms with van der Waals surface area (Å²) in [5.41, 5.74) is 0.847. The molecule has 0 saturated heterocycles. The van der Waals surface area contributed by atoms with Crippen molar-refractivity contribution in [3.05, 3.63) is 24.3 Å². The predicted octanol–water partition coefficient (Wildman–Crippen LogP) is 1.64. The zero-order valence-electron chi connectivity index (χ0n) is 8.69. The molecule has 0 fully saturated rings. The van der Waals surface area contributed by atoms with Gasteiger partial charge in [0.05, 0.1) is 12.6 Å². The molecule has 0 bridgehead atoms. The van der Waals surface area contributed by atoms with E-state index in [1.807, 2.05) is 18.2 Å². The number of nitrogens with one attached hydrogen (secondary N) is 1. The lowest BCUT2D eigenvalue weighted by atomic mass is 10.2. The summed E-state index contributed by atoms with van der Waals surface area (Å²) < 4.78 is 10.1. The number of carboxylic acid groups (broad SMARTS) is 1. The van der Waals surface area contributed by atoms with Crippen LogP contribution in [0.1, 0.15) is 0 Å². The number of H-pyrrole nitrogens is 1. The number of hydrogen-bond donors (Lipinski definition) is 2. The average molecular weight is 221 g/mol. The Morgan fingerprint density at radius 2 is 2.25 bits per heavy atom. The Hall–Kier alpha value is -2.17. The van der Waals surface area contributed by atoms with Crippen LogP contribution in [0.2, 0.25) is 0 Å². The third-order valence-electron chi connectivity index (χ3n) is 2.16. The van der Waals surface area contributed by atoms with Crippen LogP contribution >= 0.6 is 0 Å². The van der Waals surface area contributed by atoms with E-state index in [0.29, 0.717) is 5.88 Å². The maximum atomic E-state index is 10.3. The molecule has 0 spiro atoms. The van der Waals surface area contributed by atoms with E-state index < -0.39 is 5.97 Å². The molecule has 1 aromatic heterocycles. The Morgan fingerprint density at radius 3 is 2.94 bits per heavy atom. The van der Waals surface area contributed by atoms with Crippen LogP contribution in [0.15, 0.2) is 24.3 Å². The van der Waals surface area contributed by atoms with Crippen molar-refractivity contribution in [1.82, 2.24) is 4.98 Å². The molecule has 0 radical (unpaired) electrons. The van der Waals surface area contributed by atoms with Crippen LogP contribution in [0.3, 0.4) is 0 Å². The van der Waals surface area contributed by atoms with E-state index in [9.17, 15) is 4.79 Å². The van der Waals surface area contributed by atoms with Gasteiger partial charge in [-0.25, -0.2) is 4.79 Å². The zero-order valence-corrected chi connectivity index (χ0v) is 8.69. The fraction of sp³-hybridized carbons (Fsp3) is 0.182. The summed E-state index contributed by atoms with van der Waals surface area (Å²) in [4.78, 5) is 13.3. The first kappa shape index (κ1) is 10.4. The lowest BCUT2D eigenvalue weighted by Gasteiger charge is -1.98. The van der Waals surface area contributed by atoms with Gasteiger partial charge in [0.1, 0.15) is 5.75 Å². The molecule has 84 valence electrons. The second-order valence-corrected chi connectivity index (χ2v) is 3.27. The van der Waals surface area contributed by atoms with Crippen LogP contribution in [0.4, 0.5) is 0 Å².